The Morgan fingerprint density at radius 3 is 2.31 bits per heavy atom. The normalized spacial score (nSPS) is 11.2. The van der Waals surface area contributed by atoms with Crippen molar-refractivity contribution in [2.24, 2.45) is 0 Å². The van der Waals surface area contributed by atoms with E-state index in [1.54, 1.807) is 18.2 Å². The first kappa shape index (κ1) is 21.3. The molecule has 0 spiro atoms. The first-order valence-electron chi connectivity index (χ1n) is 9.84. The number of hydrogen-bond acceptors (Lipinski definition) is 5. The second kappa shape index (κ2) is 9.07. The number of furan rings is 1. The molecule has 0 radical (unpaired) electrons. The van der Waals surface area contributed by atoms with E-state index in [1.165, 1.54) is 24.5 Å². The Morgan fingerprint density at radius 1 is 0.781 bits per heavy atom. The van der Waals surface area contributed by atoms with Crippen LogP contribution < -0.4 is 10.9 Å². The van der Waals surface area contributed by atoms with Gasteiger partial charge in [0, 0.05) is 5.56 Å². The molecule has 0 bridgehead atoms. The maximum atomic E-state index is 12.6. The molecule has 0 aliphatic carbocycles. The van der Waals surface area contributed by atoms with Gasteiger partial charge in [-0.15, -0.1) is 0 Å². The van der Waals surface area contributed by atoms with Crippen molar-refractivity contribution in [3.63, 3.8) is 0 Å². The van der Waals surface area contributed by atoms with Gasteiger partial charge in [0.2, 0.25) is 5.91 Å². The van der Waals surface area contributed by atoms with Gasteiger partial charge in [-0.3, -0.25) is 20.4 Å². The molecule has 162 valence electrons. The fourth-order valence-electron chi connectivity index (χ4n) is 3.41. The molecule has 7 nitrogen and oxygen atoms in total. The molecule has 0 unspecified atom stereocenters. The fourth-order valence-corrected chi connectivity index (χ4v) is 4.79. The van der Waals surface area contributed by atoms with Crippen molar-refractivity contribution in [1.29, 1.82) is 0 Å². The minimum atomic E-state index is -3.66. The number of hydrogen-bond donors (Lipinski definition) is 2. The predicted molar refractivity (Wildman–Crippen MR) is 119 cm³/mol. The topological polar surface area (TPSA) is 105 Å². The number of amides is 2. The fraction of sp³-hybridized carbons (Fsp3) is 0.0833. The summed E-state index contributed by atoms with van der Waals surface area (Å²) in [5.74, 6) is -1.73. The largest absolute Gasteiger partial charge is 0.459 e. The van der Waals surface area contributed by atoms with E-state index in [1.807, 2.05) is 42.5 Å². The molecule has 1 aromatic heterocycles. The van der Waals surface area contributed by atoms with Crippen LogP contribution in [0.4, 0.5) is 0 Å². The van der Waals surface area contributed by atoms with Crippen molar-refractivity contribution >= 4 is 32.4 Å². The number of nitrogens with one attached hydrogen (secondary N) is 2. The highest BCUT2D eigenvalue weighted by molar-refractivity contribution is 7.90. The predicted octanol–water partition coefficient (Wildman–Crippen LogP) is 3.41. The summed E-state index contributed by atoms with van der Waals surface area (Å²) >= 11 is 0. The molecule has 2 amide bonds. The average Bonchev–Trinajstić information content (AvgIpc) is 3.26. The van der Waals surface area contributed by atoms with Crippen LogP contribution in [0.15, 0.2) is 94.4 Å². The highest BCUT2D eigenvalue weighted by atomic mass is 32.2. The van der Waals surface area contributed by atoms with E-state index >= 15 is 0 Å². The third-order valence-electron chi connectivity index (χ3n) is 4.95. The molecule has 0 saturated heterocycles. The van der Waals surface area contributed by atoms with Crippen LogP contribution in [0, 0.1) is 0 Å². The Hall–Kier alpha value is -3.91. The van der Waals surface area contributed by atoms with Crippen LogP contribution in [0.3, 0.4) is 0 Å². The molecule has 4 aromatic rings. The smallest absolute Gasteiger partial charge is 0.305 e. The van der Waals surface area contributed by atoms with Gasteiger partial charge in [0.1, 0.15) is 0 Å². The van der Waals surface area contributed by atoms with Crippen LogP contribution >= 0.6 is 0 Å². The zero-order valence-electron chi connectivity index (χ0n) is 16.9. The highest BCUT2D eigenvalue weighted by Crippen LogP contribution is 2.20. The number of sulfone groups is 1. The van der Waals surface area contributed by atoms with Gasteiger partial charge >= 0.3 is 5.91 Å². The van der Waals surface area contributed by atoms with Crippen LogP contribution in [0.1, 0.15) is 21.7 Å². The van der Waals surface area contributed by atoms with Gasteiger partial charge in [-0.25, -0.2) is 8.42 Å². The molecule has 0 atom stereocenters. The van der Waals surface area contributed by atoms with Gasteiger partial charge < -0.3 is 4.42 Å². The minimum absolute atomic E-state index is 0.0645. The molecule has 8 heteroatoms. The minimum Gasteiger partial charge on any atom is -0.459 e. The van der Waals surface area contributed by atoms with Crippen molar-refractivity contribution in [2.75, 3.05) is 0 Å². The molecular weight excluding hydrogens is 428 g/mol. The molecule has 0 saturated carbocycles. The van der Waals surface area contributed by atoms with E-state index in [2.05, 4.69) is 10.9 Å². The van der Waals surface area contributed by atoms with E-state index in [0.29, 0.717) is 0 Å². The number of rotatable bonds is 6. The maximum Gasteiger partial charge on any atom is 0.305 e. The lowest BCUT2D eigenvalue weighted by atomic mass is 10.0. The first-order chi connectivity index (χ1) is 15.4. The summed E-state index contributed by atoms with van der Waals surface area (Å²) < 4.78 is 30.4. The molecule has 2 N–H and O–H groups in total. The Balaban J connectivity index is 1.41. The summed E-state index contributed by atoms with van der Waals surface area (Å²) in [6.07, 6.45) is 1.30. The summed E-state index contributed by atoms with van der Waals surface area (Å²) in [6, 6.07) is 22.8. The molecule has 0 fully saturated rings. The van der Waals surface area contributed by atoms with Crippen molar-refractivity contribution < 1.29 is 22.4 Å². The zero-order chi connectivity index (χ0) is 22.6. The second-order valence-corrected chi connectivity index (χ2v) is 9.15. The molecule has 1 heterocycles. The van der Waals surface area contributed by atoms with Crippen LogP contribution in [0.25, 0.3) is 10.8 Å². The van der Waals surface area contributed by atoms with Crippen molar-refractivity contribution in [3.8, 4) is 0 Å². The number of benzene rings is 3. The van der Waals surface area contributed by atoms with Crippen molar-refractivity contribution in [3.05, 3.63) is 102 Å². The summed E-state index contributed by atoms with van der Waals surface area (Å²) in [7, 11) is -3.66. The van der Waals surface area contributed by atoms with Gasteiger partial charge in [-0.2, -0.15) is 0 Å². The second-order valence-electron chi connectivity index (χ2n) is 7.16. The maximum absolute atomic E-state index is 12.6. The quantitative estimate of drug-likeness (QED) is 0.440. The van der Waals surface area contributed by atoms with E-state index < -0.39 is 27.4 Å². The van der Waals surface area contributed by atoms with Gasteiger partial charge in [-0.05, 0) is 34.5 Å². The number of carbonyl (C=O) groups excluding carboxylic acids is 2. The number of carbonyl (C=O) groups is 2. The van der Waals surface area contributed by atoms with Gasteiger partial charge in [0.15, 0.2) is 15.6 Å². The lowest BCUT2D eigenvalue weighted by Crippen LogP contribution is -2.42. The van der Waals surface area contributed by atoms with Crippen LogP contribution in [-0.4, -0.2) is 20.2 Å². The van der Waals surface area contributed by atoms with E-state index in [-0.39, 0.29) is 22.6 Å². The van der Waals surface area contributed by atoms with Gasteiger partial charge in [-0.1, -0.05) is 60.7 Å². The monoisotopic (exact) mass is 448 g/mol. The lowest BCUT2D eigenvalue weighted by Gasteiger charge is -2.09. The molecule has 4 rings (SSSR count). The first-order valence-corrected chi connectivity index (χ1v) is 11.5. The third-order valence-corrected chi connectivity index (χ3v) is 6.63. The molecule has 3 aromatic carbocycles. The molecule has 0 aliphatic heterocycles. The number of fused-ring (bicyclic) bond motifs is 1. The Morgan fingerprint density at radius 2 is 1.50 bits per heavy atom. The Labute approximate surface area is 184 Å². The van der Waals surface area contributed by atoms with Gasteiger partial charge in [0.25, 0.3) is 0 Å². The molecule has 0 aliphatic rings. The Bertz CT molecular complexity index is 1370. The average molecular weight is 449 g/mol. The summed E-state index contributed by atoms with van der Waals surface area (Å²) in [6.45, 7) is 0. The zero-order valence-corrected chi connectivity index (χ0v) is 17.8. The summed E-state index contributed by atoms with van der Waals surface area (Å²) in [4.78, 5) is 25.0. The highest BCUT2D eigenvalue weighted by Gasteiger charge is 2.22. The molecular formula is C24H20N2O5S. The summed E-state index contributed by atoms with van der Waals surface area (Å²) in [5, 5.41) is 1.97. The summed E-state index contributed by atoms with van der Waals surface area (Å²) in [5.41, 5.74) is 5.67. The van der Waals surface area contributed by atoms with Crippen LogP contribution in [0.2, 0.25) is 0 Å². The van der Waals surface area contributed by atoms with E-state index in [0.717, 1.165) is 16.3 Å². The lowest BCUT2D eigenvalue weighted by molar-refractivity contribution is -0.121. The standard InChI is InChI=1S/C24H20N2O5S/c27-22(15-18-9-6-8-17-7-4-5-12-21(17)18)25-26-24(28)23-19(13-14-31-23)16-32(29,30)20-10-2-1-3-11-20/h1-14H,15-16H2,(H,25,27)(H,26,28). The van der Waals surface area contributed by atoms with E-state index in [4.69, 9.17) is 4.42 Å². The van der Waals surface area contributed by atoms with Crippen LogP contribution in [-0.2, 0) is 26.8 Å². The Kier molecular flexibility index (Phi) is 6.04. The number of hydrazine groups is 1. The van der Waals surface area contributed by atoms with Crippen molar-refractivity contribution in [2.45, 2.75) is 17.1 Å². The SMILES string of the molecule is O=C(Cc1cccc2ccccc12)NNC(=O)c1occc1CS(=O)(=O)c1ccccc1. The van der Waals surface area contributed by atoms with E-state index in [9.17, 15) is 18.0 Å². The van der Waals surface area contributed by atoms with Crippen molar-refractivity contribution in [1.82, 2.24) is 10.9 Å². The molecule has 32 heavy (non-hydrogen) atoms. The van der Waals surface area contributed by atoms with Crippen LogP contribution in [0.5, 0.6) is 0 Å². The van der Waals surface area contributed by atoms with Gasteiger partial charge in [0.05, 0.1) is 23.3 Å². The third kappa shape index (κ3) is 4.70.